The fourth-order valence-corrected chi connectivity index (χ4v) is 6.98. The summed E-state index contributed by atoms with van der Waals surface area (Å²) in [5.74, 6) is 1.61. The number of thioether (sulfide) groups is 1. The van der Waals surface area contributed by atoms with E-state index < -0.39 is 0 Å². The van der Waals surface area contributed by atoms with Crippen molar-refractivity contribution < 1.29 is 4.79 Å². The number of amides is 1. The first-order valence-electron chi connectivity index (χ1n) is 12.9. The van der Waals surface area contributed by atoms with Crippen LogP contribution in [0.4, 0.5) is 5.82 Å². The van der Waals surface area contributed by atoms with Gasteiger partial charge in [0.25, 0.3) is 11.5 Å². The summed E-state index contributed by atoms with van der Waals surface area (Å²) >= 11 is 6.94. The van der Waals surface area contributed by atoms with Crippen molar-refractivity contribution in [3.8, 4) is 6.07 Å². The lowest BCUT2D eigenvalue weighted by atomic mass is 9.91. The molecule has 0 bridgehead atoms. The van der Waals surface area contributed by atoms with Crippen LogP contribution in [0.25, 0.3) is 6.08 Å². The Kier molecular flexibility index (Phi) is 8.25. The van der Waals surface area contributed by atoms with Gasteiger partial charge in [0.1, 0.15) is 21.8 Å². The zero-order valence-corrected chi connectivity index (χ0v) is 23.8. The number of rotatable bonds is 6. The van der Waals surface area contributed by atoms with E-state index in [1.165, 1.54) is 11.8 Å². The maximum Gasteiger partial charge on any atom is 0.270 e. The third-order valence-electron chi connectivity index (χ3n) is 7.23. The first-order valence-corrected chi connectivity index (χ1v) is 14.1. The topological polar surface area (TPSA) is 69.3 Å². The van der Waals surface area contributed by atoms with Gasteiger partial charge in [-0.15, -0.1) is 0 Å². The number of aromatic nitrogens is 1. The van der Waals surface area contributed by atoms with E-state index in [1.807, 2.05) is 57.2 Å². The largest absolute Gasteiger partial charge is 0.357 e. The molecule has 1 amide bonds. The number of carbonyl (C=O) groups excluding carboxylic acids is 1. The van der Waals surface area contributed by atoms with Gasteiger partial charge in [-0.2, -0.15) is 5.26 Å². The second kappa shape index (κ2) is 11.2. The summed E-state index contributed by atoms with van der Waals surface area (Å²) in [5, 5.41) is 9.90. The smallest absolute Gasteiger partial charge is 0.270 e. The Hall–Kier alpha value is -2.89. The predicted molar refractivity (Wildman–Crippen MR) is 155 cm³/mol. The minimum atomic E-state index is -0.259. The predicted octanol–water partition coefficient (Wildman–Crippen LogP) is 5.88. The molecule has 2 aromatic rings. The zero-order chi connectivity index (χ0) is 26.9. The van der Waals surface area contributed by atoms with Crippen molar-refractivity contribution in [2.75, 3.05) is 18.0 Å². The third-order valence-corrected chi connectivity index (χ3v) is 8.56. The SMILES string of the molecule is CCCn1c(N2CC(C)CC(C)C2)c(/C=C2\SC(=S)N(C(C)c3ccccc3)C2=O)c(C)c(C#N)c1=O. The number of piperidine rings is 1. The summed E-state index contributed by atoms with van der Waals surface area (Å²) in [5.41, 5.74) is 2.26. The van der Waals surface area contributed by atoms with Crippen molar-refractivity contribution in [2.24, 2.45) is 11.8 Å². The maximum atomic E-state index is 13.7. The quantitative estimate of drug-likeness (QED) is 0.340. The highest BCUT2D eigenvalue weighted by Gasteiger charge is 2.37. The van der Waals surface area contributed by atoms with Crippen molar-refractivity contribution in [3.05, 3.63) is 67.8 Å². The molecule has 2 fully saturated rings. The molecule has 0 saturated carbocycles. The van der Waals surface area contributed by atoms with Crippen LogP contribution in [0.3, 0.4) is 0 Å². The van der Waals surface area contributed by atoms with E-state index >= 15 is 0 Å². The van der Waals surface area contributed by atoms with Crippen LogP contribution in [0.5, 0.6) is 0 Å². The van der Waals surface area contributed by atoms with Gasteiger partial charge in [0, 0.05) is 25.2 Å². The molecule has 0 aliphatic carbocycles. The molecule has 6 nitrogen and oxygen atoms in total. The maximum absolute atomic E-state index is 13.7. The lowest BCUT2D eigenvalue weighted by Crippen LogP contribution is -2.43. The number of carbonyl (C=O) groups is 1. The van der Waals surface area contributed by atoms with Gasteiger partial charge < -0.3 is 4.90 Å². The van der Waals surface area contributed by atoms with E-state index in [1.54, 1.807) is 9.47 Å². The van der Waals surface area contributed by atoms with E-state index in [-0.39, 0.29) is 23.1 Å². The molecule has 2 saturated heterocycles. The number of thiocarbonyl (C=S) groups is 1. The molecule has 2 aliphatic rings. The summed E-state index contributed by atoms with van der Waals surface area (Å²) in [4.78, 5) is 31.6. The number of hydrogen-bond donors (Lipinski definition) is 0. The van der Waals surface area contributed by atoms with E-state index in [0.29, 0.717) is 33.2 Å². The van der Waals surface area contributed by atoms with Crippen LogP contribution >= 0.6 is 24.0 Å². The Morgan fingerprint density at radius 2 is 1.84 bits per heavy atom. The number of pyridine rings is 1. The van der Waals surface area contributed by atoms with Crippen molar-refractivity contribution in [3.63, 3.8) is 0 Å². The van der Waals surface area contributed by atoms with Gasteiger partial charge in [-0.3, -0.25) is 19.1 Å². The molecule has 1 aromatic carbocycles. The molecule has 37 heavy (non-hydrogen) atoms. The standard InChI is InChI=1S/C29H34N4O2S2/c1-6-12-32-26(31-16-18(2)13-19(3)17-31)23(20(4)24(15-30)27(32)34)14-25-28(35)33(29(36)37-25)21(5)22-10-8-7-9-11-22/h7-11,14,18-19,21H,6,12-13,16-17H2,1-5H3/b25-14-. The normalized spacial score (nSPS) is 22.0. The van der Waals surface area contributed by atoms with Crippen LogP contribution in [0, 0.1) is 30.1 Å². The zero-order valence-electron chi connectivity index (χ0n) is 22.2. The average molecular weight is 535 g/mol. The molecular formula is C29H34N4O2S2. The van der Waals surface area contributed by atoms with E-state index in [9.17, 15) is 14.9 Å². The van der Waals surface area contributed by atoms with Crippen LogP contribution < -0.4 is 10.5 Å². The molecule has 4 rings (SSSR count). The second-order valence-electron chi connectivity index (χ2n) is 10.3. The molecule has 1 aromatic heterocycles. The summed E-state index contributed by atoms with van der Waals surface area (Å²) < 4.78 is 2.25. The molecule has 3 heterocycles. The van der Waals surface area contributed by atoms with Crippen molar-refractivity contribution in [1.82, 2.24) is 9.47 Å². The summed E-state index contributed by atoms with van der Waals surface area (Å²) in [6.07, 6.45) is 3.75. The number of nitriles is 1. The Balaban J connectivity index is 1.87. The van der Waals surface area contributed by atoms with Crippen LogP contribution in [0.1, 0.15) is 68.8 Å². The number of nitrogens with zero attached hydrogens (tertiary/aromatic N) is 4. The summed E-state index contributed by atoms with van der Waals surface area (Å²) in [6.45, 7) is 12.4. The molecule has 194 valence electrons. The molecule has 0 radical (unpaired) electrons. The molecule has 0 N–H and O–H groups in total. The van der Waals surface area contributed by atoms with Gasteiger partial charge in [-0.1, -0.05) is 75.1 Å². The Labute approximate surface area is 229 Å². The highest BCUT2D eigenvalue weighted by molar-refractivity contribution is 8.26. The number of benzene rings is 1. The minimum Gasteiger partial charge on any atom is -0.357 e. The highest BCUT2D eigenvalue weighted by Crippen LogP contribution is 2.40. The fraction of sp³-hybridized carbons (Fsp3) is 0.448. The van der Waals surface area contributed by atoms with Crippen LogP contribution in [0.15, 0.2) is 40.0 Å². The van der Waals surface area contributed by atoms with Crippen LogP contribution in [-0.4, -0.2) is 32.8 Å². The van der Waals surface area contributed by atoms with Gasteiger partial charge in [0.05, 0.1) is 10.9 Å². The van der Waals surface area contributed by atoms with Gasteiger partial charge in [0.15, 0.2) is 0 Å². The van der Waals surface area contributed by atoms with Crippen LogP contribution in [-0.2, 0) is 11.3 Å². The fourth-order valence-electron chi connectivity index (χ4n) is 5.58. The molecule has 0 spiro atoms. The van der Waals surface area contributed by atoms with Gasteiger partial charge in [-0.05, 0) is 55.7 Å². The lowest BCUT2D eigenvalue weighted by molar-refractivity contribution is -0.123. The van der Waals surface area contributed by atoms with Crippen molar-refractivity contribution in [2.45, 2.75) is 60.0 Å². The molecule has 2 aliphatic heterocycles. The molecular weight excluding hydrogens is 500 g/mol. The third kappa shape index (κ3) is 5.25. The Bertz CT molecular complexity index is 1330. The summed E-state index contributed by atoms with van der Waals surface area (Å²) in [7, 11) is 0. The van der Waals surface area contributed by atoms with Crippen LogP contribution in [0.2, 0.25) is 0 Å². The summed E-state index contributed by atoms with van der Waals surface area (Å²) in [6, 6.07) is 11.8. The molecule has 3 atom stereocenters. The Morgan fingerprint density at radius 3 is 2.43 bits per heavy atom. The molecule has 3 unspecified atom stereocenters. The second-order valence-corrected chi connectivity index (χ2v) is 12.0. The Morgan fingerprint density at radius 1 is 1.19 bits per heavy atom. The monoisotopic (exact) mass is 534 g/mol. The van der Waals surface area contributed by atoms with E-state index in [4.69, 9.17) is 12.2 Å². The first-order chi connectivity index (χ1) is 17.7. The van der Waals surface area contributed by atoms with Crippen molar-refractivity contribution in [1.29, 1.82) is 5.26 Å². The highest BCUT2D eigenvalue weighted by atomic mass is 32.2. The number of anilines is 1. The van der Waals surface area contributed by atoms with Gasteiger partial charge in [0.2, 0.25) is 0 Å². The number of hydrogen-bond acceptors (Lipinski definition) is 6. The molecule has 8 heteroatoms. The van der Waals surface area contributed by atoms with Gasteiger partial charge in [-0.25, -0.2) is 0 Å². The van der Waals surface area contributed by atoms with E-state index in [0.717, 1.165) is 42.9 Å². The first kappa shape index (κ1) is 27.2. The lowest BCUT2D eigenvalue weighted by Gasteiger charge is -2.39. The average Bonchev–Trinajstić information content (AvgIpc) is 3.14. The van der Waals surface area contributed by atoms with Gasteiger partial charge >= 0.3 is 0 Å². The van der Waals surface area contributed by atoms with E-state index in [2.05, 4.69) is 24.8 Å². The minimum absolute atomic E-state index is 0.134. The van der Waals surface area contributed by atoms with Crippen molar-refractivity contribution >= 4 is 46.1 Å².